The number of benzene rings is 1. The smallest absolute Gasteiger partial charge is 0.0314 e. The van der Waals surface area contributed by atoms with Gasteiger partial charge in [0.1, 0.15) is 0 Å². The molecule has 1 atom stereocenters. The summed E-state index contributed by atoms with van der Waals surface area (Å²) >= 11 is 0. The summed E-state index contributed by atoms with van der Waals surface area (Å²) in [4.78, 5) is 2.64. The third-order valence-electron chi connectivity index (χ3n) is 3.86. The van der Waals surface area contributed by atoms with Gasteiger partial charge in [0.2, 0.25) is 0 Å². The van der Waals surface area contributed by atoms with Gasteiger partial charge in [-0.25, -0.2) is 0 Å². The SMILES string of the molecule is Nc1ccc(CNC2CCN(C3CC3)C2)cc1. The third-order valence-corrected chi connectivity index (χ3v) is 3.86. The fourth-order valence-corrected chi connectivity index (χ4v) is 2.62. The van der Waals surface area contributed by atoms with Crippen molar-refractivity contribution in [3.63, 3.8) is 0 Å². The van der Waals surface area contributed by atoms with Gasteiger partial charge >= 0.3 is 0 Å². The predicted molar refractivity (Wildman–Crippen MR) is 70.7 cm³/mol. The Kier molecular flexibility index (Phi) is 3.04. The Morgan fingerprint density at radius 2 is 1.94 bits per heavy atom. The standard InChI is InChI=1S/C14H21N3/c15-12-3-1-11(2-4-12)9-16-13-7-8-17(10-13)14-5-6-14/h1-4,13-14,16H,5-10,15H2. The van der Waals surface area contributed by atoms with E-state index in [2.05, 4.69) is 22.3 Å². The van der Waals surface area contributed by atoms with Crippen LogP contribution in [0.4, 0.5) is 5.69 Å². The molecule has 1 aromatic carbocycles. The summed E-state index contributed by atoms with van der Waals surface area (Å²) in [6.45, 7) is 3.48. The van der Waals surface area contributed by atoms with Crippen LogP contribution in [0.2, 0.25) is 0 Å². The number of nitrogens with two attached hydrogens (primary N) is 1. The molecule has 2 aliphatic rings. The lowest BCUT2D eigenvalue weighted by Crippen LogP contribution is -2.32. The summed E-state index contributed by atoms with van der Waals surface area (Å²) in [6.07, 6.45) is 4.14. The van der Waals surface area contributed by atoms with Crippen molar-refractivity contribution in [2.24, 2.45) is 0 Å². The van der Waals surface area contributed by atoms with Gasteiger partial charge in [-0.3, -0.25) is 4.90 Å². The molecule has 1 unspecified atom stereocenters. The fraction of sp³-hybridized carbons (Fsp3) is 0.571. The number of nitrogen functional groups attached to an aromatic ring is 1. The maximum Gasteiger partial charge on any atom is 0.0314 e. The van der Waals surface area contributed by atoms with E-state index in [9.17, 15) is 0 Å². The fourth-order valence-electron chi connectivity index (χ4n) is 2.62. The van der Waals surface area contributed by atoms with Gasteiger partial charge in [0.15, 0.2) is 0 Å². The molecule has 17 heavy (non-hydrogen) atoms. The normalized spacial score (nSPS) is 25.3. The van der Waals surface area contributed by atoms with Crippen molar-refractivity contribution < 1.29 is 0 Å². The summed E-state index contributed by atoms with van der Waals surface area (Å²) in [6, 6.07) is 9.75. The molecule has 0 spiro atoms. The van der Waals surface area contributed by atoms with Crippen LogP contribution in [0, 0.1) is 0 Å². The molecular formula is C14H21N3. The Hall–Kier alpha value is -1.06. The highest BCUT2D eigenvalue weighted by Gasteiger charge is 2.33. The van der Waals surface area contributed by atoms with E-state index in [4.69, 9.17) is 5.73 Å². The Morgan fingerprint density at radius 3 is 2.65 bits per heavy atom. The topological polar surface area (TPSA) is 41.3 Å². The van der Waals surface area contributed by atoms with Crippen molar-refractivity contribution in [3.05, 3.63) is 29.8 Å². The Morgan fingerprint density at radius 1 is 1.18 bits per heavy atom. The second-order valence-electron chi connectivity index (χ2n) is 5.33. The van der Waals surface area contributed by atoms with Gasteiger partial charge in [0.05, 0.1) is 0 Å². The van der Waals surface area contributed by atoms with Crippen LogP contribution in [0.3, 0.4) is 0 Å². The highest BCUT2D eigenvalue weighted by molar-refractivity contribution is 5.39. The molecule has 1 heterocycles. The van der Waals surface area contributed by atoms with E-state index < -0.39 is 0 Å². The van der Waals surface area contributed by atoms with Crippen LogP contribution in [0.5, 0.6) is 0 Å². The number of likely N-dealkylation sites (tertiary alicyclic amines) is 1. The predicted octanol–water partition coefficient (Wildman–Crippen LogP) is 1.60. The molecule has 0 amide bonds. The van der Waals surface area contributed by atoms with E-state index in [0.717, 1.165) is 18.3 Å². The maximum atomic E-state index is 5.68. The summed E-state index contributed by atoms with van der Waals surface area (Å²) in [7, 11) is 0. The van der Waals surface area contributed by atoms with Gasteiger partial charge in [0.25, 0.3) is 0 Å². The monoisotopic (exact) mass is 231 g/mol. The average molecular weight is 231 g/mol. The minimum absolute atomic E-state index is 0.674. The molecule has 1 aromatic rings. The summed E-state index contributed by atoms with van der Waals surface area (Å²) in [5.74, 6) is 0. The first-order valence-corrected chi connectivity index (χ1v) is 6.63. The van der Waals surface area contributed by atoms with Gasteiger partial charge in [-0.05, 0) is 37.0 Å². The van der Waals surface area contributed by atoms with Crippen molar-refractivity contribution in [1.29, 1.82) is 0 Å². The van der Waals surface area contributed by atoms with Gasteiger partial charge < -0.3 is 11.1 Å². The average Bonchev–Trinajstić information content (AvgIpc) is 3.09. The molecule has 3 rings (SSSR count). The van der Waals surface area contributed by atoms with Gasteiger partial charge in [-0.15, -0.1) is 0 Å². The summed E-state index contributed by atoms with van der Waals surface area (Å²) in [5.41, 5.74) is 7.84. The van der Waals surface area contributed by atoms with E-state index in [-0.39, 0.29) is 0 Å². The first-order chi connectivity index (χ1) is 8.31. The summed E-state index contributed by atoms with van der Waals surface area (Å²) < 4.78 is 0. The largest absolute Gasteiger partial charge is 0.399 e. The van der Waals surface area contributed by atoms with Crippen LogP contribution in [0.25, 0.3) is 0 Å². The molecule has 1 aliphatic heterocycles. The molecule has 3 N–H and O–H groups in total. The number of nitrogens with one attached hydrogen (secondary N) is 1. The molecule has 3 heteroatoms. The van der Waals surface area contributed by atoms with Crippen LogP contribution >= 0.6 is 0 Å². The first kappa shape index (κ1) is 11.1. The molecule has 3 nitrogen and oxygen atoms in total. The van der Waals surface area contributed by atoms with E-state index in [1.165, 1.54) is 37.9 Å². The Balaban J connectivity index is 1.46. The minimum atomic E-state index is 0.674. The van der Waals surface area contributed by atoms with Crippen LogP contribution in [-0.2, 0) is 6.54 Å². The Bertz CT molecular complexity index is 370. The number of hydrogen-bond donors (Lipinski definition) is 2. The van der Waals surface area contributed by atoms with Crippen molar-refractivity contribution in [2.45, 2.75) is 37.9 Å². The lowest BCUT2D eigenvalue weighted by molar-refractivity contribution is 0.317. The van der Waals surface area contributed by atoms with Gasteiger partial charge in [-0.1, -0.05) is 12.1 Å². The first-order valence-electron chi connectivity index (χ1n) is 6.63. The summed E-state index contributed by atoms with van der Waals surface area (Å²) in [5, 5.41) is 3.65. The number of anilines is 1. The van der Waals surface area contributed by atoms with Crippen LogP contribution in [-0.4, -0.2) is 30.1 Å². The zero-order valence-corrected chi connectivity index (χ0v) is 10.2. The quantitative estimate of drug-likeness (QED) is 0.773. The molecular weight excluding hydrogens is 210 g/mol. The van der Waals surface area contributed by atoms with E-state index in [1.807, 2.05) is 12.1 Å². The van der Waals surface area contributed by atoms with E-state index in [1.54, 1.807) is 0 Å². The Labute approximate surface area is 103 Å². The van der Waals surface area contributed by atoms with Crippen molar-refractivity contribution in [3.8, 4) is 0 Å². The van der Waals surface area contributed by atoms with Crippen molar-refractivity contribution in [2.75, 3.05) is 18.8 Å². The van der Waals surface area contributed by atoms with Gasteiger partial charge in [-0.2, -0.15) is 0 Å². The van der Waals surface area contributed by atoms with Crippen molar-refractivity contribution >= 4 is 5.69 Å². The second-order valence-corrected chi connectivity index (χ2v) is 5.33. The zero-order chi connectivity index (χ0) is 11.7. The van der Waals surface area contributed by atoms with Gasteiger partial charge in [0, 0.05) is 37.4 Å². The molecule has 1 saturated carbocycles. The van der Waals surface area contributed by atoms with Crippen LogP contribution in [0.15, 0.2) is 24.3 Å². The molecule has 0 radical (unpaired) electrons. The highest BCUT2D eigenvalue weighted by atomic mass is 15.2. The van der Waals surface area contributed by atoms with Crippen LogP contribution < -0.4 is 11.1 Å². The highest BCUT2D eigenvalue weighted by Crippen LogP contribution is 2.29. The number of rotatable bonds is 4. The maximum absolute atomic E-state index is 5.68. The molecule has 1 saturated heterocycles. The number of nitrogens with zero attached hydrogens (tertiary/aromatic N) is 1. The second kappa shape index (κ2) is 4.67. The molecule has 0 aromatic heterocycles. The van der Waals surface area contributed by atoms with Crippen molar-refractivity contribution in [1.82, 2.24) is 10.2 Å². The van der Waals surface area contributed by atoms with Crippen LogP contribution in [0.1, 0.15) is 24.8 Å². The molecule has 92 valence electrons. The molecule has 0 bridgehead atoms. The zero-order valence-electron chi connectivity index (χ0n) is 10.2. The van der Waals surface area contributed by atoms with E-state index in [0.29, 0.717) is 6.04 Å². The minimum Gasteiger partial charge on any atom is -0.399 e. The lowest BCUT2D eigenvalue weighted by Gasteiger charge is -2.15. The number of hydrogen-bond acceptors (Lipinski definition) is 3. The third kappa shape index (κ3) is 2.79. The molecule has 2 fully saturated rings. The van der Waals surface area contributed by atoms with E-state index >= 15 is 0 Å². The lowest BCUT2D eigenvalue weighted by atomic mass is 10.2. The molecule has 1 aliphatic carbocycles.